The fraction of sp³-hybridized carbons (Fsp3) is 0.500. The number of ether oxygens (including phenoxy) is 1. The lowest BCUT2D eigenvalue weighted by Gasteiger charge is -2.18. The van der Waals surface area contributed by atoms with Gasteiger partial charge in [0.2, 0.25) is 0 Å². The summed E-state index contributed by atoms with van der Waals surface area (Å²) >= 11 is 0. The first-order valence-electron chi connectivity index (χ1n) is 5.18. The SMILES string of the molecule is CNC(C)c1c(F)cccc1OC(C)C. The molecule has 0 bridgehead atoms. The zero-order valence-corrected chi connectivity index (χ0v) is 9.67. The molecule has 0 saturated carbocycles. The van der Waals surface area contributed by atoms with E-state index in [0.717, 1.165) is 0 Å². The maximum atomic E-state index is 13.6. The van der Waals surface area contributed by atoms with E-state index in [9.17, 15) is 4.39 Å². The molecule has 2 nitrogen and oxygen atoms in total. The average Bonchev–Trinajstić information content (AvgIpc) is 2.16. The Morgan fingerprint density at radius 1 is 1.27 bits per heavy atom. The minimum absolute atomic E-state index is 0.0506. The third-order valence-corrected chi connectivity index (χ3v) is 2.24. The third kappa shape index (κ3) is 2.93. The van der Waals surface area contributed by atoms with Gasteiger partial charge in [-0.05, 0) is 40.0 Å². The molecule has 0 aromatic heterocycles. The lowest BCUT2D eigenvalue weighted by atomic mass is 10.1. The smallest absolute Gasteiger partial charge is 0.131 e. The van der Waals surface area contributed by atoms with Gasteiger partial charge in [-0.1, -0.05) is 6.07 Å². The zero-order valence-electron chi connectivity index (χ0n) is 9.67. The van der Waals surface area contributed by atoms with Gasteiger partial charge in [0.1, 0.15) is 11.6 Å². The second-order valence-electron chi connectivity index (χ2n) is 3.83. The van der Waals surface area contributed by atoms with Crippen molar-refractivity contribution >= 4 is 0 Å². The van der Waals surface area contributed by atoms with Crippen LogP contribution in [0.25, 0.3) is 0 Å². The molecule has 1 rings (SSSR count). The van der Waals surface area contributed by atoms with Crippen molar-refractivity contribution in [2.24, 2.45) is 0 Å². The van der Waals surface area contributed by atoms with Crippen molar-refractivity contribution in [2.75, 3.05) is 7.05 Å². The normalized spacial score (nSPS) is 12.9. The molecule has 1 atom stereocenters. The van der Waals surface area contributed by atoms with Crippen LogP contribution >= 0.6 is 0 Å². The van der Waals surface area contributed by atoms with E-state index in [0.29, 0.717) is 11.3 Å². The summed E-state index contributed by atoms with van der Waals surface area (Å²) in [6.45, 7) is 5.77. The Labute approximate surface area is 90.4 Å². The van der Waals surface area contributed by atoms with Crippen LogP contribution in [-0.2, 0) is 0 Å². The van der Waals surface area contributed by atoms with Crippen molar-refractivity contribution < 1.29 is 9.13 Å². The third-order valence-electron chi connectivity index (χ3n) is 2.24. The minimum Gasteiger partial charge on any atom is -0.491 e. The first-order chi connectivity index (χ1) is 7.06. The van der Waals surface area contributed by atoms with Crippen LogP contribution in [0.5, 0.6) is 5.75 Å². The summed E-state index contributed by atoms with van der Waals surface area (Å²) in [7, 11) is 1.80. The average molecular weight is 211 g/mol. The Kier molecular flexibility index (Phi) is 4.09. The molecule has 1 aromatic rings. The molecular weight excluding hydrogens is 193 g/mol. The molecule has 0 aliphatic carbocycles. The van der Waals surface area contributed by atoms with E-state index < -0.39 is 0 Å². The van der Waals surface area contributed by atoms with E-state index in [4.69, 9.17) is 4.74 Å². The lowest BCUT2D eigenvalue weighted by Crippen LogP contribution is -2.17. The number of halogens is 1. The highest BCUT2D eigenvalue weighted by molar-refractivity contribution is 5.37. The fourth-order valence-corrected chi connectivity index (χ4v) is 1.44. The molecule has 0 aliphatic heterocycles. The Morgan fingerprint density at radius 2 is 1.93 bits per heavy atom. The Morgan fingerprint density at radius 3 is 2.47 bits per heavy atom. The van der Waals surface area contributed by atoms with Gasteiger partial charge in [0.25, 0.3) is 0 Å². The summed E-state index contributed by atoms with van der Waals surface area (Å²) in [6, 6.07) is 4.86. The van der Waals surface area contributed by atoms with Gasteiger partial charge in [-0.3, -0.25) is 0 Å². The quantitative estimate of drug-likeness (QED) is 0.826. The molecule has 0 saturated heterocycles. The van der Waals surface area contributed by atoms with Crippen LogP contribution in [0.15, 0.2) is 18.2 Å². The number of hydrogen-bond acceptors (Lipinski definition) is 2. The van der Waals surface area contributed by atoms with E-state index in [1.807, 2.05) is 20.8 Å². The van der Waals surface area contributed by atoms with E-state index in [2.05, 4.69) is 5.32 Å². The van der Waals surface area contributed by atoms with E-state index >= 15 is 0 Å². The van der Waals surface area contributed by atoms with Crippen LogP contribution in [0.2, 0.25) is 0 Å². The van der Waals surface area contributed by atoms with Crippen molar-refractivity contribution in [3.63, 3.8) is 0 Å². The van der Waals surface area contributed by atoms with Crippen molar-refractivity contribution in [3.05, 3.63) is 29.6 Å². The van der Waals surface area contributed by atoms with E-state index in [1.165, 1.54) is 6.07 Å². The molecule has 0 aliphatic rings. The minimum atomic E-state index is -0.227. The van der Waals surface area contributed by atoms with E-state index in [-0.39, 0.29) is 18.0 Å². The zero-order chi connectivity index (χ0) is 11.4. The van der Waals surface area contributed by atoms with Gasteiger partial charge in [0, 0.05) is 11.6 Å². The molecular formula is C12H18FNO. The highest BCUT2D eigenvalue weighted by Gasteiger charge is 2.15. The molecule has 0 heterocycles. The highest BCUT2D eigenvalue weighted by Crippen LogP contribution is 2.28. The number of hydrogen-bond donors (Lipinski definition) is 1. The molecule has 0 fully saturated rings. The van der Waals surface area contributed by atoms with Crippen LogP contribution in [0.1, 0.15) is 32.4 Å². The molecule has 1 N–H and O–H groups in total. The highest BCUT2D eigenvalue weighted by atomic mass is 19.1. The summed E-state index contributed by atoms with van der Waals surface area (Å²) < 4.78 is 19.2. The Bertz CT molecular complexity index is 325. The van der Waals surface area contributed by atoms with Gasteiger partial charge >= 0.3 is 0 Å². The molecule has 15 heavy (non-hydrogen) atoms. The first-order valence-corrected chi connectivity index (χ1v) is 5.18. The standard InChI is InChI=1S/C12H18FNO/c1-8(2)15-11-7-5-6-10(13)12(11)9(3)14-4/h5-9,14H,1-4H3. The predicted molar refractivity (Wildman–Crippen MR) is 59.6 cm³/mol. The molecule has 1 aromatic carbocycles. The summed E-state index contributed by atoms with van der Waals surface area (Å²) in [6.07, 6.45) is 0.0506. The summed E-state index contributed by atoms with van der Waals surface area (Å²) in [4.78, 5) is 0. The van der Waals surface area contributed by atoms with Crippen LogP contribution < -0.4 is 10.1 Å². The number of rotatable bonds is 4. The van der Waals surface area contributed by atoms with Crippen molar-refractivity contribution in [3.8, 4) is 5.75 Å². The molecule has 84 valence electrons. The Balaban J connectivity index is 3.08. The monoisotopic (exact) mass is 211 g/mol. The van der Waals surface area contributed by atoms with Gasteiger partial charge in [0.05, 0.1) is 6.10 Å². The largest absolute Gasteiger partial charge is 0.491 e. The number of nitrogens with one attached hydrogen (secondary N) is 1. The van der Waals surface area contributed by atoms with Crippen LogP contribution in [-0.4, -0.2) is 13.2 Å². The predicted octanol–water partition coefficient (Wildman–Crippen LogP) is 2.89. The van der Waals surface area contributed by atoms with Gasteiger partial charge in [-0.2, -0.15) is 0 Å². The Hall–Kier alpha value is -1.09. The molecule has 0 amide bonds. The maximum absolute atomic E-state index is 13.6. The first kappa shape index (κ1) is 12.0. The lowest BCUT2D eigenvalue weighted by molar-refractivity contribution is 0.236. The second kappa shape index (κ2) is 5.12. The van der Waals surface area contributed by atoms with Crippen LogP contribution in [0, 0.1) is 5.82 Å². The summed E-state index contributed by atoms with van der Waals surface area (Å²) in [5, 5.41) is 3.02. The second-order valence-corrected chi connectivity index (χ2v) is 3.83. The van der Waals surface area contributed by atoms with E-state index in [1.54, 1.807) is 19.2 Å². The van der Waals surface area contributed by atoms with Gasteiger partial charge in [0.15, 0.2) is 0 Å². The summed E-state index contributed by atoms with van der Waals surface area (Å²) in [5.74, 6) is 0.391. The molecule has 0 spiro atoms. The number of benzene rings is 1. The van der Waals surface area contributed by atoms with Gasteiger partial charge in [-0.25, -0.2) is 4.39 Å². The van der Waals surface area contributed by atoms with Crippen molar-refractivity contribution in [1.29, 1.82) is 0 Å². The van der Waals surface area contributed by atoms with Gasteiger partial charge in [-0.15, -0.1) is 0 Å². The van der Waals surface area contributed by atoms with Crippen molar-refractivity contribution in [1.82, 2.24) is 5.32 Å². The van der Waals surface area contributed by atoms with Crippen molar-refractivity contribution in [2.45, 2.75) is 32.9 Å². The van der Waals surface area contributed by atoms with Gasteiger partial charge < -0.3 is 10.1 Å². The maximum Gasteiger partial charge on any atom is 0.131 e. The molecule has 1 unspecified atom stereocenters. The summed E-state index contributed by atoms with van der Waals surface area (Å²) in [5.41, 5.74) is 0.591. The van der Waals surface area contributed by atoms with Crippen LogP contribution in [0.4, 0.5) is 4.39 Å². The topological polar surface area (TPSA) is 21.3 Å². The molecule has 0 radical (unpaired) electrons. The van der Waals surface area contributed by atoms with Crippen LogP contribution in [0.3, 0.4) is 0 Å². The fourth-order valence-electron chi connectivity index (χ4n) is 1.44. The molecule has 3 heteroatoms.